The summed E-state index contributed by atoms with van der Waals surface area (Å²) in [5.41, 5.74) is 0.908. The van der Waals surface area contributed by atoms with Crippen molar-refractivity contribution in [2.75, 3.05) is 31.7 Å². The zero-order valence-corrected chi connectivity index (χ0v) is 19.9. The molecule has 1 N–H and O–H groups in total. The van der Waals surface area contributed by atoms with Gasteiger partial charge in [-0.2, -0.15) is 8.61 Å². The van der Waals surface area contributed by atoms with Crippen LogP contribution in [0.5, 0.6) is 0 Å². The van der Waals surface area contributed by atoms with Gasteiger partial charge in [0.15, 0.2) is 0 Å². The number of likely N-dealkylation sites (N-methyl/N-ethyl adjacent to an activating group) is 1. The summed E-state index contributed by atoms with van der Waals surface area (Å²) in [6.07, 6.45) is 4.80. The van der Waals surface area contributed by atoms with E-state index in [1.807, 2.05) is 0 Å². The van der Waals surface area contributed by atoms with E-state index in [4.69, 9.17) is 0 Å². The van der Waals surface area contributed by atoms with Crippen molar-refractivity contribution in [1.82, 2.24) is 8.61 Å². The molecule has 3 rings (SSSR count). The quantitative estimate of drug-likeness (QED) is 0.658. The largest absolute Gasteiger partial charge is 0.324 e. The lowest BCUT2D eigenvalue weighted by Gasteiger charge is -2.25. The van der Waals surface area contributed by atoms with Gasteiger partial charge in [-0.15, -0.1) is 0 Å². The smallest absolute Gasteiger partial charge is 0.247 e. The van der Waals surface area contributed by atoms with Crippen molar-refractivity contribution < 1.29 is 21.6 Å². The number of nitrogens with zero attached hydrogens (tertiary/aromatic N) is 2. The second kappa shape index (κ2) is 10.1. The number of carbonyl (C=O) groups is 1. The van der Waals surface area contributed by atoms with Crippen LogP contribution in [0.3, 0.4) is 0 Å². The van der Waals surface area contributed by atoms with Gasteiger partial charge in [0.25, 0.3) is 0 Å². The summed E-state index contributed by atoms with van der Waals surface area (Å²) in [5, 5.41) is 2.71. The molecule has 32 heavy (non-hydrogen) atoms. The third-order valence-electron chi connectivity index (χ3n) is 5.58. The van der Waals surface area contributed by atoms with Gasteiger partial charge >= 0.3 is 0 Å². The Labute approximate surface area is 190 Å². The summed E-state index contributed by atoms with van der Waals surface area (Å²) in [5.74, 6) is -0.535. The lowest BCUT2D eigenvalue weighted by atomic mass is 10.1. The maximum absolute atomic E-state index is 13.0. The maximum Gasteiger partial charge on any atom is 0.247 e. The molecule has 0 bridgehead atoms. The minimum absolute atomic E-state index is 0.172. The number of hydrogen-bond acceptors (Lipinski definition) is 5. The van der Waals surface area contributed by atoms with Crippen molar-refractivity contribution >= 4 is 31.6 Å². The Morgan fingerprint density at radius 2 is 1.47 bits per heavy atom. The van der Waals surface area contributed by atoms with Crippen LogP contribution in [0.15, 0.2) is 59.5 Å². The van der Waals surface area contributed by atoms with Crippen LogP contribution in [0, 0.1) is 0 Å². The Bertz CT molecular complexity index is 1130. The van der Waals surface area contributed by atoms with Crippen LogP contribution in [0.2, 0.25) is 0 Å². The number of rotatable bonds is 7. The van der Waals surface area contributed by atoms with E-state index >= 15 is 0 Å². The highest BCUT2D eigenvalue weighted by atomic mass is 32.2. The topological polar surface area (TPSA) is 104 Å². The van der Waals surface area contributed by atoms with Crippen molar-refractivity contribution in [1.29, 1.82) is 0 Å². The summed E-state index contributed by atoms with van der Waals surface area (Å²) < 4.78 is 52.6. The first-order chi connectivity index (χ1) is 15.1. The lowest BCUT2D eigenvalue weighted by Crippen LogP contribution is -2.38. The van der Waals surface area contributed by atoms with Gasteiger partial charge in [-0.3, -0.25) is 4.79 Å². The molecule has 1 unspecified atom stereocenters. The summed E-state index contributed by atoms with van der Waals surface area (Å²) in [6.45, 7) is 1.02. The van der Waals surface area contributed by atoms with Crippen LogP contribution in [0.25, 0.3) is 0 Å². The van der Waals surface area contributed by atoms with E-state index in [2.05, 4.69) is 5.32 Å². The van der Waals surface area contributed by atoms with E-state index in [9.17, 15) is 21.6 Å². The van der Waals surface area contributed by atoms with E-state index in [-0.39, 0.29) is 4.90 Å². The molecule has 1 aliphatic rings. The van der Waals surface area contributed by atoms with Crippen LogP contribution >= 0.6 is 0 Å². The average molecular weight is 480 g/mol. The lowest BCUT2D eigenvalue weighted by molar-refractivity contribution is -0.119. The number of anilines is 1. The minimum atomic E-state index is -3.64. The molecule has 0 aliphatic carbocycles. The summed E-state index contributed by atoms with van der Waals surface area (Å²) in [6, 6.07) is 13.5. The number of hydrogen-bond donors (Lipinski definition) is 1. The number of nitrogens with one attached hydrogen (secondary N) is 1. The second-order valence-corrected chi connectivity index (χ2v) is 11.9. The number of sulfonamides is 2. The Morgan fingerprint density at radius 1 is 0.906 bits per heavy atom. The Balaban J connectivity index is 1.80. The number of benzene rings is 2. The third kappa shape index (κ3) is 5.74. The van der Waals surface area contributed by atoms with E-state index in [1.165, 1.54) is 35.6 Å². The van der Waals surface area contributed by atoms with E-state index in [0.29, 0.717) is 24.3 Å². The predicted octanol–water partition coefficient (Wildman–Crippen LogP) is 2.82. The van der Waals surface area contributed by atoms with Gasteiger partial charge in [0.2, 0.25) is 26.0 Å². The Morgan fingerprint density at radius 3 is 2.00 bits per heavy atom. The number of carbonyl (C=O) groups excluding carboxylic acids is 1. The monoisotopic (exact) mass is 479 g/mol. The van der Waals surface area contributed by atoms with Crippen molar-refractivity contribution in [3.8, 4) is 0 Å². The molecule has 1 heterocycles. The van der Waals surface area contributed by atoms with Crippen LogP contribution in [-0.2, 0) is 24.8 Å². The predicted molar refractivity (Wildman–Crippen MR) is 124 cm³/mol. The molecule has 174 valence electrons. The summed E-state index contributed by atoms with van der Waals surface area (Å²) >= 11 is 0. The standard InChI is InChI=1S/C22H29N3O5S2/c1-24(31(2,27)28)21(18-10-6-5-7-11-18)22(26)23-19-12-14-20(15-13-19)32(29,30)25-16-8-3-4-9-17-25/h5-7,10-15,21H,3-4,8-9,16-17H2,1-2H3,(H,23,26). The van der Waals surface area contributed by atoms with Crippen molar-refractivity contribution in [3.05, 3.63) is 60.2 Å². The van der Waals surface area contributed by atoms with Gasteiger partial charge < -0.3 is 5.32 Å². The fourth-order valence-corrected chi connectivity index (χ4v) is 5.82. The summed E-state index contributed by atoms with van der Waals surface area (Å²) in [4.78, 5) is 13.2. The maximum atomic E-state index is 13.0. The van der Waals surface area contributed by atoms with Crippen LogP contribution in [-0.4, -0.2) is 57.7 Å². The van der Waals surface area contributed by atoms with Crippen LogP contribution in [0.4, 0.5) is 5.69 Å². The molecular weight excluding hydrogens is 450 g/mol. The molecule has 1 atom stereocenters. The zero-order valence-electron chi connectivity index (χ0n) is 18.3. The molecule has 0 spiro atoms. The molecule has 10 heteroatoms. The van der Waals surface area contributed by atoms with Gasteiger partial charge in [-0.1, -0.05) is 43.2 Å². The van der Waals surface area contributed by atoms with Crippen molar-refractivity contribution in [3.63, 3.8) is 0 Å². The van der Waals surface area contributed by atoms with Crippen LogP contribution in [0.1, 0.15) is 37.3 Å². The zero-order chi connectivity index (χ0) is 23.4. The van der Waals surface area contributed by atoms with Gasteiger partial charge in [-0.05, 0) is 42.7 Å². The first-order valence-corrected chi connectivity index (χ1v) is 13.8. The SMILES string of the molecule is CN(C(C(=O)Nc1ccc(S(=O)(=O)N2CCCCCC2)cc1)c1ccccc1)S(C)(=O)=O. The van der Waals surface area contributed by atoms with Gasteiger partial charge in [0.05, 0.1) is 11.2 Å². The highest BCUT2D eigenvalue weighted by molar-refractivity contribution is 7.89. The highest BCUT2D eigenvalue weighted by Gasteiger charge is 2.31. The summed E-state index contributed by atoms with van der Waals surface area (Å²) in [7, 11) is -5.88. The molecule has 8 nitrogen and oxygen atoms in total. The average Bonchev–Trinajstić information content (AvgIpc) is 3.04. The Hall–Kier alpha value is -2.27. The van der Waals surface area contributed by atoms with Crippen molar-refractivity contribution in [2.45, 2.75) is 36.6 Å². The minimum Gasteiger partial charge on any atom is -0.324 e. The molecule has 1 amide bonds. The molecule has 1 aliphatic heterocycles. The van der Waals surface area contributed by atoms with Crippen molar-refractivity contribution in [2.24, 2.45) is 0 Å². The molecule has 0 saturated carbocycles. The molecule has 2 aromatic rings. The molecule has 1 fully saturated rings. The fourth-order valence-electron chi connectivity index (χ4n) is 3.71. The van der Waals surface area contributed by atoms with E-state index < -0.39 is 32.0 Å². The molecule has 2 aromatic carbocycles. The normalized spacial score (nSPS) is 17.0. The van der Waals surface area contributed by atoms with Crippen LogP contribution < -0.4 is 5.32 Å². The fraction of sp³-hybridized carbons (Fsp3) is 0.409. The Kier molecular flexibility index (Phi) is 7.71. The molecular formula is C22H29N3O5S2. The first kappa shape index (κ1) is 24.4. The van der Waals surface area contributed by atoms with Gasteiger partial charge in [-0.25, -0.2) is 16.8 Å². The van der Waals surface area contributed by atoms with Gasteiger partial charge in [0.1, 0.15) is 6.04 Å². The molecule has 1 saturated heterocycles. The molecule has 0 aromatic heterocycles. The van der Waals surface area contributed by atoms with Gasteiger partial charge in [0, 0.05) is 25.8 Å². The third-order valence-corrected chi connectivity index (χ3v) is 8.74. The molecule has 0 radical (unpaired) electrons. The van der Waals surface area contributed by atoms with E-state index in [0.717, 1.165) is 36.2 Å². The number of amides is 1. The van der Waals surface area contributed by atoms with E-state index in [1.54, 1.807) is 30.3 Å². The first-order valence-electron chi connectivity index (χ1n) is 10.5. The highest BCUT2D eigenvalue weighted by Crippen LogP contribution is 2.25. The second-order valence-electron chi connectivity index (χ2n) is 7.92.